The molecule has 1 aromatic heterocycles. The number of carboxylic acids is 2. The van der Waals surface area contributed by atoms with Gasteiger partial charge in [-0.1, -0.05) is 53.2 Å². The molecule has 2 heterocycles. The fraction of sp³-hybridized carbons (Fsp3) is 0.158. The lowest BCUT2D eigenvalue weighted by Crippen LogP contribution is -2.44. The normalized spacial score (nSPS) is 16.3. The van der Waals surface area contributed by atoms with Gasteiger partial charge in [0, 0.05) is 18.1 Å². The van der Waals surface area contributed by atoms with Crippen LogP contribution in [0.15, 0.2) is 39.7 Å². The number of amides is 1. The molecule has 0 aliphatic carbocycles. The van der Waals surface area contributed by atoms with Gasteiger partial charge in [0.2, 0.25) is 0 Å². The molecule has 1 aliphatic heterocycles. The highest BCUT2D eigenvalue weighted by Crippen LogP contribution is 2.37. The van der Waals surface area contributed by atoms with Crippen LogP contribution in [-0.2, 0) is 14.4 Å². The summed E-state index contributed by atoms with van der Waals surface area (Å²) in [5.41, 5.74) is 0.580. The van der Waals surface area contributed by atoms with Crippen molar-refractivity contribution in [2.45, 2.75) is 18.9 Å². The van der Waals surface area contributed by atoms with Gasteiger partial charge in [-0.15, -0.1) is 0 Å². The number of halogens is 2. The largest absolute Gasteiger partial charge is 0.481 e. The van der Waals surface area contributed by atoms with Gasteiger partial charge in [-0.25, -0.2) is 4.79 Å². The Bertz CT molecular complexity index is 1080. The minimum atomic E-state index is -1.36. The van der Waals surface area contributed by atoms with Crippen molar-refractivity contribution in [1.29, 1.82) is 0 Å². The van der Waals surface area contributed by atoms with Gasteiger partial charge in [-0.3, -0.25) is 14.5 Å². The van der Waals surface area contributed by atoms with Crippen molar-refractivity contribution in [2.24, 2.45) is 0 Å². The Hall–Kier alpha value is -2.33. The Morgan fingerprint density at radius 3 is 2.63 bits per heavy atom. The summed E-state index contributed by atoms with van der Waals surface area (Å²) >= 11 is 18.3. The number of thiocarbonyl (C=S) groups is 1. The first-order valence-electron chi connectivity index (χ1n) is 8.45. The van der Waals surface area contributed by atoms with E-state index in [1.807, 2.05) is 0 Å². The highest BCUT2D eigenvalue weighted by atomic mass is 35.5. The van der Waals surface area contributed by atoms with Crippen LogP contribution in [0.2, 0.25) is 10.0 Å². The smallest absolute Gasteiger partial charge is 0.326 e. The number of carboxylic acid groups (broad SMARTS) is 2. The molecular formula is C19H13Cl2NO6S2. The number of furan rings is 1. The lowest BCUT2D eigenvalue weighted by molar-refractivity contribution is -0.146. The molecule has 11 heteroatoms. The highest BCUT2D eigenvalue weighted by Gasteiger charge is 2.40. The van der Waals surface area contributed by atoms with Crippen LogP contribution in [0, 0.1) is 0 Å². The quantitative estimate of drug-likeness (QED) is 0.426. The minimum Gasteiger partial charge on any atom is -0.481 e. The maximum atomic E-state index is 12.7. The van der Waals surface area contributed by atoms with E-state index < -0.39 is 30.3 Å². The maximum Gasteiger partial charge on any atom is 0.326 e. The van der Waals surface area contributed by atoms with E-state index >= 15 is 0 Å². The second-order valence-electron chi connectivity index (χ2n) is 6.14. The zero-order chi connectivity index (χ0) is 22.0. The van der Waals surface area contributed by atoms with Crippen LogP contribution in [0.25, 0.3) is 17.4 Å². The first-order valence-corrected chi connectivity index (χ1v) is 10.4. The van der Waals surface area contributed by atoms with E-state index in [1.165, 1.54) is 6.08 Å². The molecule has 0 unspecified atom stereocenters. The number of rotatable bonds is 7. The summed E-state index contributed by atoms with van der Waals surface area (Å²) in [6.45, 7) is 0. The third-order valence-corrected chi connectivity index (χ3v) is 6.32. The van der Waals surface area contributed by atoms with E-state index in [2.05, 4.69) is 0 Å². The van der Waals surface area contributed by atoms with Crippen LogP contribution in [0.3, 0.4) is 0 Å². The molecule has 2 N–H and O–H groups in total. The van der Waals surface area contributed by atoms with Crippen LogP contribution < -0.4 is 0 Å². The molecule has 1 fully saturated rings. The fourth-order valence-electron chi connectivity index (χ4n) is 2.77. The molecule has 0 spiro atoms. The number of carbonyl (C=O) groups excluding carboxylic acids is 1. The van der Waals surface area contributed by atoms with Gasteiger partial charge in [0.25, 0.3) is 5.91 Å². The lowest BCUT2D eigenvalue weighted by Gasteiger charge is -2.22. The molecule has 2 aromatic rings. The van der Waals surface area contributed by atoms with Crippen LogP contribution in [-0.4, -0.2) is 43.3 Å². The van der Waals surface area contributed by atoms with Gasteiger partial charge in [-0.2, -0.15) is 0 Å². The molecule has 1 aromatic carbocycles. The number of thioether (sulfide) groups is 1. The predicted octanol–water partition coefficient (Wildman–Crippen LogP) is 4.77. The van der Waals surface area contributed by atoms with Crippen LogP contribution in [0.1, 0.15) is 18.6 Å². The van der Waals surface area contributed by atoms with E-state index in [1.54, 1.807) is 30.3 Å². The molecule has 0 bridgehead atoms. The van der Waals surface area contributed by atoms with Crippen molar-refractivity contribution in [1.82, 2.24) is 4.90 Å². The molecular weight excluding hydrogens is 473 g/mol. The Morgan fingerprint density at radius 2 is 1.97 bits per heavy atom. The Labute approximate surface area is 190 Å². The maximum absolute atomic E-state index is 12.7. The third kappa shape index (κ3) is 4.70. The van der Waals surface area contributed by atoms with E-state index in [4.69, 9.17) is 44.9 Å². The van der Waals surface area contributed by atoms with Crippen molar-refractivity contribution in [3.8, 4) is 11.3 Å². The van der Waals surface area contributed by atoms with Crippen molar-refractivity contribution >= 4 is 75.4 Å². The second-order valence-corrected chi connectivity index (χ2v) is 8.60. The van der Waals surface area contributed by atoms with Crippen LogP contribution >= 0.6 is 47.2 Å². The number of hydrogen-bond acceptors (Lipinski definition) is 6. The minimum absolute atomic E-state index is 0.0358. The number of carbonyl (C=O) groups is 3. The molecule has 30 heavy (non-hydrogen) atoms. The topological polar surface area (TPSA) is 108 Å². The molecule has 3 rings (SSSR count). The third-order valence-electron chi connectivity index (χ3n) is 4.17. The summed E-state index contributed by atoms with van der Waals surface area (Å²) in [7, 11) is 0. The summed E-state index contributed by atoms with van der Waals surface area (Å²) < 4.78 is 5.77. The van der Waals surface area contributed by atoms with Gasteiger partial charge < -0.3 is 14.6 Å². The van der Waals surface area contributed by atoms with Crippen molar-refractivity contribution in [3.05, 3.63) is 51.0 Å². The zero-order valence-electron chi connectivity index (χ0n) is 15.0. The van der Waals surface area contributed by atoms with E-state index in [9.17, 15) is 19.5 Å². The predicted molar refractivity (Wildman–Crippen MR) is 117 cm³/mol. The Kier molecular flexibility index (Phi) is 6.87. The molecule has 0 radical (unpaired) electrons. The summed E-state index contributed by atoms with van der Waals surface area (Å²) in [6, 6.07) is 7.02. The zero-order valence-corrected chi connectivity index (χ0v) is 18.1. The molecule has 156 valence electrons. The summed E-state index contributed by atoms with van der Waals surface area (Å²) in [5, 5.41) is 18.9. The molecule has 1 saturated heterocycles. The summed E-state index contributed by atoms with van der Waals surface area (Å²) in [5.74, 6) is -2.34. The fourth-order valence-corrected chi connectivity index (χ4v) is 4.50. The number of benzene rings is 1. The standard InChI is InChI=1S/C19H13Cl2NO6S2/c20-11-3-1-2-10(16(11)21)13-6-4-9(28-13)8-14-17(25)22(19(29)30-14)12(18(26)27)5-7-15(23)24/h1-4,6,8,12H,5,7H2,(H,23,24)(H,26,27)/b14-8+/t12-/m0/s1. The Balaban J connectivity index is 1.85. The average molecular weight is 486 g/mol. The van der Waals surface area contributed by atoms with E-state index in [0.717, 1.165) is 16.7 Å². The molecule has 1 aliphatic rings. The number of aliphatic carboxylic acids is 2. The first kappa shape index (κ1) is 22.4. The van der Waals surface area contributed by atoms with Crippen LogP contribution in [0.4, 0.5) is 0 Å². The molecule has 1 amide bonds. The van der Waals surface area contributed by atoms with Crippen LogP contribution in [0.5, 0.6) is 0 Å². The van der Waals surface area contributed by atoms with E-state index in [0.29, 0.717) is 27.1 Å². The summed E-state index contributed by atoms with van der Waals surface area (Å²) in [4.78, 5) is 36.2. The number of nitrogens with zero attached hydrogens (tertiary/aromatic N) is 1. The SMILES string of the molecule is O=C(O)CC[C@@H](C(=O)O)N1C(=O)/C(=C\c2ccc(-c3cccc(Cl)c3Cl)o2)SC1=S. The average Bonchev–Trinajstić information content (AvgIpc) is 3.23. The lowest BCUT2D eigenvalue weighted by atomic mass is 10.1. The molecule has 7 nitrogen and oxygen atoms in total. The summed E-state index contributed by atoms with van der Waals surface area (Å²) in [6.07, 6.45) is 0.773. The van der Waals surface area contributed by atoms with Gasteiger partial charge in [0.1, 0.15) is 21.9 Å². The molecule has 1 atom stereocenters. The van der Waals surface area contributed by atoms with Gasteiger partial charge >= 0.3 is 11.9 Å². The Morgan fingerprint density at radius 1 is 1.23 bits per heavy atom. The number of hydrogen-bond donors (Lipinski definition) is 2. The van der Waals surface area contributed by atoms with Crippen molar-refractivity contribution < 1.29 is 29.0 Å². The van der Waals surface area contributed by atoms with Gasteiger partial charge in [0.15, 0.2) is 0 Å². The highest BCUT2D eigenvalue weighted by molar-refractivity contribution is 8.26. The second kappa shape index (κ2) is 9.22. The van der Waals surface area contributed by atoms with Crippen molar-refractivity contribution in [3.63, 3.8) is 0 Å². The van der Waals surface area contributed by atoms with E-state index in [-0.39, 0.29) is 15.6 Å². The van der Waals surface area contributed by atoms with Gasteiger partial charge in [0.05, 0.1) is 15.0 Å². The van der Waals surface area contributed by atoms with Gasteiger partial charge in [-0.05, 0) is 30.7 Å². The molecule has 0 saturated carbocycles. The van der Waals surface area contributed by atoms with Crippen molar-refractivity contribution in [2.75, 3.05) is 0 Å². The monoisotopic (exact) mass is 485 g/mol. The first-order chi connectivity index (χ1) is 14.2.